The Morgan fingerprint density at radius 3 is 2.27 bits per heavy atom. The molecule has 2 amide bonds. The van der Waals surface area contributed by atoms with Crippen LogP contribution in [0.15, 0.2) is 47.6 Å². The van der Waals surface area contributed by atoms with Crippen molar-refractivity contribution >= 4 is 35.0 Å². The van der Waals surface area contributed by atoms with Crippen molar-refractivity contribution in [3.8, 4) is 0 Å². The minimum Gasteiger partial charge on any atom is -0.270 e. The smallest absolute Gasteiger partial charge is 0.261 e. The van der Waals surface area contributed by atoms with Crippen LogP contribution in [-0.4, -0.2) is 35.0 Å². The molecule has 1 aromatic rings. The summed E-state index contributed by atoms with van der Waals surface area (Å²) in [6.45, 7) is 0.264. The number of fused-ring (bicyclic) bond motifs is 1. The first-order valence-corrected chi connectivity index (χ1v) is 8.18. The third kappa shape index (κ3) is 2.71. The highest BCUT2D eigenvalue weighted by atomic mass is 35.5. The van der Waals surface area contributed by atoms with Gasteiger partial charge in [0, 0.05) is 11.8 Å². The first-order chi connectivity index (χ1) is 10.6. The minimum absolute atomic E-state index is 0.200. The number of nitrogens with zero attached hydrogens (tertiary/aromatic N) is 1. The zero-order valence-corrected chi connectivity index (χ0v) is 13.4. The SMILES string of the molecule is O=C1c2ccccc2C(=O)N1CC1=CC(CCl)CC(CCl)=C1. The molecule has 1 unspecified atom stereocenters. The van der Waals surface area contributed by atoms with Gasteiger partial charge in [-0.15, -0.1) is 23.2 Å². The summed E-state index contributed by atoms with van der Waals surface area (Å²) in [4.78, 5) is 26.1. The first kappa shape index (κ1) is 15.3. The van der Waals surface area contributed by atoms with Crippen molar-refractivity contribution in [2.45, 2.75) is 6.42 Å². The molecule has 1 aliphatic carbocycles. The second kappa shape index (κ2) is 6.27. The molecule has 0 saturated carbocycles. The molecule has 0 aromatic heterocycles. The highest BCUT2D eigenvalue weighted by Crippen LogP contribution is 2.28. The van der Waals surface area contributed by atoms with Crippen LogP contribution in [0.4, 0.5) is 0 Å². The number of hydrogen-bond acceptors (Lipinski definition) is 2. The average Bonchev–Trinajstić information content (AvgIpc) is 2.80. The van der Waals surface area contributed by atoms with E-state index in [4.69, 9.17) is 23.2 Å². The molecule has 0 saturated heterocycles. The first-order valence-electron chi connectivity index (χ1n) is 7.11. The number of hydrogen-bond donors (Lipinski definition) is 0. The molecule has 3 rings (SSSR count). The number of carbonyl (C=O) groups is 2. The van der Waals surface area contributed by atoms with Crippen LogP contribution in [0, 0.1) is 5.92 Å². The standard InChI is InChI=1S/C17H15Cl2NO2/c18-8-11-5-12(9-19)7-13(6-11)10-20-16(21)14-3-1-2-4-15(14)17(20)22/h1-4,6-7,11H,5,8-10H2. The van der Waals surface area contributed by atoms with Crippen molar-refractivity contribution in [1.29, 1.82) is 0 Å². The normalized spacial score (nSPS) is 20.8. The average molecular weight is 336 g/mol. The minimum atomic E-state index is -0.240. The van der Waals surface area contributed by atoms with Crippen LogP contribution in [0.3, 0.4) is 0 Å². The molecule has 2 aliphatic rings. The van der Waals surface area contributed by atoms with Crippen molar-refractivity contribution in [3.05, 3.63) is 58.7 Å². The summed E-state index contributed by atoms with van der Waals surface area (Å²) in [6, 6.07) is 6.91. The summed E-state index contributed by atoms with van der Waals surface area (Å²) in [6.07, 6.45) is 4.84. The maximum absolute atomic E-state index is 12.4. The predicted octanol–water partition coefficient (Wildman–Crippen LogP) is 3.63. The second-order valence-electron chi connectivity index (χ2n) is 5.54. The number of carbonyl (C=O) groups excluding carboxylic acids is 2. The van der Waals surface area contributed by atoms with Gasteiger partial charge in [-0.3, -0.25) is 14.5 Å². The van der Waals surface area contributed by atoms with Crippen LogP contribution < -0.4 is 0 Å². The summed E-state index contributed by atoms with van der Waals surface area (Å²) >= 11 is 11.9. The van der Waals surface area contributed by atoms with Gasteiger partial charge >= 0.3 is 0 Å². The number of rotatable bonds is 4. The predicted molar refractivity (Wildman–Crippen MR) is 87.5 cm³/mol. The van der Waals surface area contributed by atoms with Crippen LogP contribution in [0.5, 0.6) is 0 Å². The Bertz CT molecular complexity index is 659. The van der Waals surface area contributed by atoms with Crippen LogP contribution >= 0.6 is 23.2 Å². The van der Waals surface area contributed by atoms with Crippen LogP contribution in [0.2, 0.25) is 0 Å². The lowest BCUT2D eigenvalue weighted by molar-refractivity contribution is 0.0669. The number of allylic oxidation sites excluding steroid dienone is 2. The monoisotopic (exact) mass is 335 g/mol. The van der Waals surface area contributed by atoms with Crippen LogP contribution in [0.1, 0.15) is 27.1 Å². The van der Waals surface area contributed by atoms with E-state index in [2.05, 4.69) is 0 Å². The van der Waals surface area contributed by atoms with Crippen LogP contribution in [-0.2, 0) is 0 Å². The number of halogens is 2. The molecule has 3 nitrogen and oxygen atoms in total. The van der Waals surface area contributed by atoms with E-state index in [9.17, 15) is 9.59 Å². The fraction of sp³-hybridized carbons (Fsp3) is 0.294. The molecule has 0 N–H and O–H groups in total. The fourth-order valence-electron chi connectivity index (χ4n) is 2.92. The molecule has 0 spiro atoms. The molecule has 1 aliphatic heterocycles. The third-order valence-electron chi connectivity index (χ3n) is 3.95. The molecule has 0 bridgehead atoms. The highest BCUT2D eigenvalue weighted by Gasteiger charge is 2.35. The van der Waals surface area contributed by atoms with Gasteiger partial charge in [-0.25, -0.2) is 0 Å². The molecule has 1 heterocycles. The third-order valence-corrected chi connectivity index (χ3v) is 4.69. The van der Waals surface area contributed by atoms with E-state index in [1.54, 1.807) is 24.3 Å². The quantitative estimate of drug-likeness (QED) is 0.622. The van der Waals surface area contributed by atoms with Gasteiger partial charge in [-0.05, 0) is 30.0 Å². The van der Waals surface area contributed by atoms with Gasteiger partial charge in [0.2, 0.25) is 0 Å². The zero-order valence-electron chi connectivity index (χ0n) is 11.9. The Hall–Kier alpha value is -1.58. The maximum Gasteiger partial charge on any atom is 0.261 e. The Balaban J connectivity index is 1.85. The van der Waals surface area contributed by atoms with E-state index in [0.717, 1.165) is 17.6 Å². The zero-order chi connectivity index (χ0) is 15.7. The van der Waals surface area contributed by atoms with Gasteiger partial charge in [0.15, 0.2) is 0 Å². The van der Waals surface area contributed by atoms with E-state index in [0.29, 0.717) is 22.9 Å². The molecular formula is C17H15Cl2NO2. The largest absolute Gasteiger partial charge is 0.270 e. The molecule has 1 aromatic carbocycles. The highest BCUT2D eigenvalue weighted by molar-refractivity contribution is 6.21. The molecule has 5 heteroatoms. The van der Waals surface area contributed by atoms with E-state index in [-0.39, 0.29) is 24.3 Å². The maximum atomic E-state index is 12.4. The Labute approximate surface area is 139 Å². The molecule has 0 fully saturated rings. The number of amides is 2. The van der Waals surface area contributed by atoms with E-state index in [1.165, 1.54) is 4.90 Å². The summed E-state index contributed by atoms with van der Waals surface area (Å²) < 4.78 is 0. The van der Waals surface area contributed by atoms with E-state index < -0.39 is 0 Å². The van der Waals surface area contributed by atoms with Gasteiger partial charge in [0.05, 0.1) is 17.7 Å². The Kier molecular flexibility index (Phi) is 4.37. The number of alkyl halides is 2. The van der Waals surface area contributed by atoms with Gasteiger partial charge in [-0.1, -0.05) is 29.9 Å². The molecule has 0 radical (unpaired) electrons. The van der Waals surface area contributed by atoms with Crippen LogP contribution in [0.25, 0.3) is 0 Å². The molecule has 1 atom stereocenters. The Morgan fingerprint density at radius 1 is 1.09 bits per heavy atom. The lowest BCUT2D eigenvalue weighted by Gasteiger charge is -2.22. The van der Waals surface area contributed by atoms with E-state index >= 15 is 0 Å². The lowest BCUT2D eigenvalue weighted by Crippen LogP contribution is -2.32. The van der Waals surface area contributed by atoms with Gasteiger partial charge in [0.1, 0.15) is 0 Å². The van der Waals surface area contributed by atoms with Crippen molar-refractivity contribution in [2.75, 3.05) is 18.3 Å². The van der Waals surface area contributed by atoms with Crippen molar-refractivity contribution in [3.63, 3.8) is 0 Å². The summed E-state index contributed by atoms with van der Waals surface area (Å²) in [5.74, 6) is 0.656. The second-order valence-corrected chi connectivity index (χ2v) is 6.11. The van der Waals surface area contributed by atoms with E-state index in [1.807, 2.05) is 12.2 Å². The summed E-state index contributed by atoms with van der Waals surface area (Å²) in [5, 5.41) is 0. The van der Waals surface area contributed by atoms with Crippen molar-refractivity contribution < 1.29 is 9.59 Å². The molecule has 114 valence electrons. The number of imide groups is 1. The lowest BCUT2D eigenvalue weighted by atomic mass is 9.92. The van der Waals surface area contributed by atoms with Gasteiger partial charge < -0.3 is 0 Å². The summed E-state index contributed by atoms with van der Waals surface area (Å²) in [5.41, 5.74) is 2.95. The molecule has 22 heavy (non-hydrogen) atoms. The van der Waals surface area contributed by atoms with Crippen molar-refractivity contribution in [2.24, 2.45) is 5.92 Å². The van der Waals surface area contributed by atoms with Gasteiger partial charge in [-0.2, -0.15) is 0 Å². The van der Waals surface area contributed by atoms with Gasteiger partial charge in [0.25, 0.3) is 11.8 Å². The Morgan fingerprint density at radius 2 is 1.73 bits per heavy atom. The summed E-state index contributed by atoms with van der Waals surface area (Å²) in [7, 11) is 0. The molecular weight excluding hydrogens is 321 g/mol. The topological polar surface area (TPSA) is 37.4 Å². The van der Waals surface area contributed by atoms with Crippen molar-refractivity contribution in [1.82, 2.24) is 4.90 Å². The number of benzene rings is 1. The fourth-order valence-corrected chi connectivity index (χ4v) is 3.31.